The first kappa shape index (κ1) is 30.3. The third-order valence-corrected chi connectivity index (χ3v) is 6.25. The van der Waals surface area contributed by atoms with Gasteiger partial charge in [-0.2, -0.15) is 26.3 Å². The molecule has 4 rings (SSSR count). The maximum atomic E-state index is 13.1. The van der Waals surface area contributed by atoms with E-state index >= 15 is 0 Å². The van der Waals surface area contributed by atoms with Crippen molar-refractivity contribution >= 4 is 17.8 Å². The standard InChI is InChI=1S/C19H27N3O.2C2HF3O2/c1-15-4-2-5-17(20-15)13-22-11-9-19(18(22)23)8-3-10-21(14-19)12-16-6-7-16;2*3-2(4,5)1(6)7/h2,4-5,16H,3,6-14H2,1H3;2*(H,6,7). The van der Waals surface area contributed by atoms with Crippen LogP contribution < -0.4 is 0 Å². The molecule has 1 aromatic heterocycles. The summed E-state index contributed by atoms with van der Waals surface area (Å²) < 4.78 is 63.5. The Bertz CT molecular complexity index is 943. The molecule has 0 bridgehead atoms. The summed E-state index contributed by atoms with van der Waals surface area (Å²) in [4.78, 5) is 40.1. The number of likely N-dealkylation sites (tertiary alicyclic amines) is 2. The number of halogens is 6. The zero-order valence-corrected chi connectivity index (χ0v) is 20.1. The van der Waals surface area contributed by atoms with Crippen LogP contribution in [0.5, 0.6) is 0 Å². The van der Waals surface area contributed by atoms with Crippen molar-refractivity contribution in [2.45, 2.75) is 57.9 Å². The number of carbonyl (C=O) groups is 3. The molecule has 1 aromatic rings. The van der Waals surface area contributed by atoms with Crippen LogP contribution in [0, 0.1) is 18.3 Å². The SMILES string of the molecule is Cc1cccc(CN2CCC3(CCCN(CC4CC4)C3)C2=O)n1.O=C(O)C(F)(F)F.O=C(O)C(F)(F)F. The first-order chi connectivity index (χ1) is 17.0. The molecule has 1 saturated carbocycles. The molecular formula is C23H29F6N3O5. The van der Waals surface area contributed by atoms with E-state index in [-0.39, 0.29) is 5.41 Å². The highest BCUT2D eigenvalue weighted by molar-refractivity contribution is 5.85. The lowest BCUT2D eigenvalue weighted by atomic mass is 9.78. The van der Waals surface area contributed by atoms with Gasteiger partial charge < -0.3 is 20.0 Å². The van der Waals surface area contributed by atoms with Gasteiger partial charge in [-0.3, -0.25) is 9.78 Å². The van der Waals surface area contributed by atoms with E-state index in [4.69, 9.17) is 19.8 Å². The van der Waals surface area contributed by atoms with Gasteiger partial charge in [0.25, 0.3) is 0 Å². The van der Waals surface area contributed by atoms with E-state index in [0.29, 0.717) is 12.5 Å². The lowest BCUT2D eigenvalue weighted by Crippen LogP contribution is -2.48. The Morgan fingerprint density at radius 1 is 1.03 bits per heavy atom. The van der Waals surface area contributed by atoms with Crippen molar-refractivity contribution in [3.63, 3.8) is 0 Å². The third kappa shape index (κ3) is 9.48. The number of aliphatic carboxylic acids is 2. The van der Waals surface area contributed by atoms with Crippen LogP contribution in [0.2, 0.25) is 0 Å². The number of carboxylic acids is 2. The van der Waals surface area contributed by atoms with E-state index in [2.05, 4.69) is 9.88 Å². The van der Waals surface area contributed by atoms with Crippen molar-refractivity contribution in [2.24, 2.45) is 11.3 Å². The number of aryl methyl sites for hydroxylation is 1. The van der Waals surface area contributed by atoms with Gasteiger partial charge in [-0.15, -0.1) is 0 Å². The highest BCUT2D eigenvalue weighted by atomic mass is 19.4. The van der Waals surface area contributed by atoms with E-state index in [9.17, 15) is 31.1 Å². The smallest absolute Gasteiger partial charge is 0.475 e. The average Bonchev–Trinajstić information content (AvgIpc) is 3.55. The Morgan fingerprint density at radius 3 is 2.08 bits per heavy atom. The lowest BCUT2D eigenvalue weighted by Gasteiger charge is -2.39. The van der Waals surface area contributed by atoms with Gasteiger partial charge in [0.1, 0.15) is 0 Å². The van der Waals surface area contributed by atoms with Gasteiger partial charge in [-0.1, -0.05) is 6.07 Å². The molecule has 1 unspecified atom stereocenters. The van der Waals surface area contributed by atoms with Crippen LogP contribution in [-0.4, -0.2) is 81.4 Å². The quantitative estimate of drug-likeness (QED) is 0.557. The minimum Gasteiger partial charge on any atom is -0.475 e. The number of hydrogen-bond donors (Lipinski definition) is 2. The number of carboxylic acid groups (broad SMARTS) is 2. The number of nitrogens with zero attached hydrogens (tertiary/aromatic N) is 3. The van der Waals surface area contributed by atoms with Crippen LogP contribution in [0.1, 0.15) is 43.5 Å². The summed E-state index contributed by atoms with van der Waals surface area (Å²) in [5.41, 5.74) is 1.94. The highest BCUT2D eigenvalue weighted by Gasteiger charge is 2.49. The third-order valence-electron chi connectivity index (χ3n) is 6.25. The summed E-state index contributed by atoms with van der Waals surface area (Å²) in [6, 6.07) is 6.07. The number of piperidine rings is 1. The van der Waals surface area contributed by atoms with Crippen LogP contribution in [-0.2, 0) is 20.9 Å². The molecule has 1 spiro atoms. The van der Waals surface area contributed by atoms with Crippen molar-refractivity contribution in [2.75, 3.05) is 26.2 Å². The largest absolute Gasteiger partial charge is 0.490 e. The topological polar surface area (TPSA) is 111 Å². The lowest BCUT2D eigenvalue weighted by molar-refractivity contribution is -0.193. The Labute approximate surface area is 209 Å². The molecular weight excluding hydrogens is 512 g/mol. The minimum atomic E-state index is -5.08. The minimum absolute atomic E-state index is 0.100. The van der Waals surface area contributed by atoms with Crippen LogP contribution in [0.25, 0.3) is 0 Å². The van der Waals surface area contributed by atoms with E-state index < -0.39 is 24.3 Å². The number of pyridine rings is 1. The van der Waals surface area contributed by atoms with Crippen molar-refractivity contribution in [3.05, 3.63) is 29.6 Å². The van der Waals surface area contributed by atoms with Gasteiger partial charge in [0.2, 0.25) is 5.91 Å². The highest BCUT2D eigenvalue weighted by Crippen LogP contribution is 2.42. The Balaban J connectivity index is 0.000000286. The zero-order valence-electron chi connectivity index (χ0n) is 20.1. The normalized spacial score (nSPS) is 22.1. The molecule has 2 aliphatic heterocycles. The summed E-state index contributed by atoms with van der Waals surface area (Å²) >= 11 is 0. The molecule has 14 heteroatoms. The first-order valence-electron chi connectivity index (χ1n) is 11.6. The second kappa shape index (κ2) is 12.1. The van der Waals surface area contributed by atoms with Gasteiger partial charge in [0, 0.05) is 25.3 Å². The molecule has 1 atom stereocenters. The van der Waals surface area contributed by atoms with Gasteiger partial charge in [-0.25, -0.2) is 9.59 Å². The molecule has 8 nitrogen and oxygen atoms in total. The van der Waals surface area contributed by atoms with E-state index in [1.54, 1.807) is 0 Å². The summed E-state index contributed by atoms with van der Waals surface area (Å²) in [5, 5.41) is 14.2. The fourth-order valence-electron chi connectivity index (χ4n) is 4.35. The van der Waals surface area contributed by atoms with Gasteiger partial charge >= 0.3 is 24.3 Å². The summed E-state index contributed by atoms with van der Waals surface area (Å²) in [5.74, 6) is -4.23. The molecule has 3 aliphatic rings. The number of alkyl halides is 6. The maximum Gasteiger partial charge on any atom is 0.490 e. The molecule has 0 radical (unpaired) electrons. The Morgan fingerprint density at radius 2 is 1.59 bits per heavy atom. The predicted molar refractivity (Wildman–Crippen MR) is 117 cm³/mol. The van der Waals surface area contributed by atoms with Gasteiger partial charge in [-0.05, 0) is 63.6 Å². The molecule has 3 heterocycles. The second-order valence-electron chi connectivity index (χ2n) is 9.42. The molecule has 1 amide bonds. The van der Waals surface area contributed by atoms with Crippen molar-refractivity contribution < 1.29 is 50.9 Å². The number of aromatic nitrogens is 1. The fourth-order valence-corrected chi connectivity index (χ4v) is 4.35. The Kier molecular flexibility index (Phi) is 9.91. The average molecular weight is 541 g/mol. The second-order valence-corrected chi connectivity index (χ2v) is 9.42. The van der Waals surface area contributed by atoms with Crippen LogP contribution in [0.3, 0.4) is 0 Å². The van der Waals surface area contributed by atoms with E-state index in [1.807, 2.05) is 30.0 Å². The summed E-state index contributed by atoms with van der Waals surface area (Å²) in [7, 11) is 0. The molecule has 2 N–H and O–H groups in total. The summed E-state index contributed by atoms with van der Waals surface area (Å²) in [6.45, 7) is 6.96. The van der Waals surface area contributed by atoms with Gasteiger partial charge in [0.05, 0.1) is 17.7 Å². The van der Waals surface area contributed by atoms with Gasteiger partial charge in [0.15, 0.2) is 0 Å². The van der Waals surface area contributed by atoms with E-state index in [1.165, 1.54) is 32.4 Å². The fraction of sp³-hybridized carbons (Fsp3) is 0.652. The number of hydrogen-bond acceptors (Lipinski definition) is 5. The van der Waals surface area contributed by atoms with Crippen LogP contribution >= 0.6 is 0 Å². The monoisotopic (exact) mass is 541 g/mol. The molecule has 3 fully saturated rings. The van der Waals surface area contributed by atoms with Crippen molar-refractivity contribution in [3.8, 4) is 0 Å². The number of amides is 1. The predicted octanol–water partition coefficient (Wildman–Crippen LogP) is 3.88. The maximum absolute atomic E-state index is 13.1. The Hall–Kier alpha value is -2.90. The van der Waals surface area contributed by atoms with Crippen molar-refractivity contribution in [1.82, 2.24) is 14.8 Å². The molecule has 1 aliphatic carbocycles. The van der Waals surface area contributed by atoms with Crippen molar-refractivity contribution in [1.29, 1.82) is 0 Å². The number of carbonyl (C=O) groups excluding carboxylic acids is 1. The summed E-state index contributed by atoms with van der Waals surface area (Å²) in [6.07, 6.45) is -4.11. The zero-order chi connectivity index (χ0) is 28.0. The van der Waals surface area contributed by atoms with Crippen LogP contribution in [0.15, 0.2) is 18.2 Å². The molecule has 2 saturated heterocycles. The molecule has 37 heavy (non-hydrogen) atoms. The van der Waals surface area contributed by atoms with Crippen LogP contribution in [0.4, 0.5) is 26.3 Å². The first-order valence-corrected chi connectivity index (χ1v) is 11.6. The molecule has 0 aromatic carbocycles. The van der Waals surface area contributed by atoms with E-state index in [0.717, 1.165) is 43.2 Å². The molecule has 208 valence electrons. The number of rotatable bonds is 4.